The number of hydrogen-bond donors (Lipinski definition) is 1. The molecule has 0 bridgehead atoms. The Balaban J connectivity index is 2.57. The molecule has 2 heterocycles. The van der Waals surface area contributed by atoms with E-state index in [0.717, 1.165) is 6.20 Å². The molecule has 2 rings (SSSR count). The van der Waals surface area contributed by atoms with Gasteiger partial charge in [0, 0.05) is 11.9 Å². The number of aromatic carboxylic acids is 1. The first-order chi connectivity index (χ1) is 8.49. The minimum atomic E-state index is -1.16. The van der Waals surface area contributed by atoms with E-state index in [-0.39, 0.29) is 17.1 Å². The lowest BCUT2D eigenvalue weighted by Gasteiger charge is -2.05. The monoisotopic (exact) mass is 248 g/mol. The van der Waals surface area contributed by atoms with Crippen molar-refractivity contribution in [3.8, 4) is 5.69 Å². The third kappa shape index (κ3) is 2.03. The lowest BCUT2D eigenvalue weighted by atomic mass is 10.2. The van der Waals surface area contributed by atoms with Gasteiger partial charge in [0.25, 0.3) is 0 Å². The first-order valence-corrected chi connectivity index (χ1v) is 4.87. The van der Waals surface area contributed by atoms with Crippen LogP contribution in [0.1, 0.15) is 16.1 Å². The van der Waals surface area contributed by atoms with E-state index in [1.165, 1.54) is 23.2 Å². The van der Waals surface area contributed by atoms with E-state index in [9.17, 15) is 14.9 Å². The zero-order chi connectivity index (χ0) is 13.3. The summed E-state index contributed by atoms with van der Waals surface area (Å²) in [6.07, 6.45) is 3.55. The standard InChI is InChI=1S/C10H8N4O4/c1-6-2-8(7(3-11-6)10(15)16)13-4-9(12-5-13)14(17)18/h2-5H,1H3,(H,15,16). The van der Waals surface area contributed by atoms with Crippen molar-refractivity contribution in [2.45, 2.75) is 6.92 Å². The SMILES string of the molecule is Cc1cc(-n2cnc([N+](=O)[O-])c2)c(C(=O)O)cn1. The second-order valence-electron chi connectivity index (χ2n) is 3.54. The molecule has 0 saturated heterocycles. The smallest absolute Gasteiger partial charge is 0.381 e. The molecule has 0 fully saturated rings. The summed E-state index contributed by atoms with van der Waals surface area (Å²) in [7, 11) is 0. The molecule has 0 unspecified atom stereocenters. The van der Waals surface area contributed by atoms with Crippen LogP contribution in [-0.4, -0.2) is 30.5 Å². The van der Waals surface area contributed by atoms with Crippen LogP contribution in [-0.2, 0) is 0 Å². The molecule has 1 N–H and O–H groups in total. The van der Waals surface area contributed by atoms with E-state index >= 15 is 0 Å². The van der Waals surface area contributed by atoms with Crippen LogP contribution in [0.15, 0.2) is 24.8 Å². The van der Waals surface area contributed by atoms with Crippen molar-refractivity contribution in [1.29, 1.82) is 0 Å². The lowest BCUT2D eigenvalue weighted by molar-refractivity contribution is -0.389. The Kier molecular flexibility index (Phi) is 2.76. The maximum Gasteiger partial charge on any atom is 0.381 e. The number of aryl methyl sites for hydroxylation is 1. The molecule has 92 valence electrons. The van der Waals surface area contributed by atoms with Gasteiger partial charge in [0.15, 0.2) is 0 Å². The summed E-state index contributed by atoms with van der Waals surface area (Å²) in [5, 5.41) is 19.6. The van der Waals surface area contributed by atoms with Crippen LogP contribution in [0, 0.1) is 17.0 Å². The topological polar surface area (TPSA) is 111 Å². The van der Waals surface area contributed by atoms with Crippen molar-refractivity contribution >= 4 is 11.8 Å². The van der Waals surface area contributed by atoms with Crippen molar-refractivity contribution in [1.82, 2.24) is 14.5 Å². The molecule has 0 saturated carbocycles. The molecule has 8 heteroatoms. The molecule has 0 aliphatic carbocycles. The van der Waals surface area contributed by atoms with Crippen LogP contribution in [0.25, 0.3) is 5.69 Å². The minimum Gasteiger partial charge on any atom is -0.478 e. The van der Waals surface area contributed by atoms with Gasteiger partial charge in [0.2, 0.25) is 6.33 Å². The fourth-order valence-electron chi connectivity index (χ4n) is 1.46. The van der Waals surface area contributed by atoms with E-state index < -0.39 is 10.9 Å². The average Bonchev–Trinajstić information content (AvgIpc) is 2.77. The molecule has 0 amide bonds. The molecule has 2 aromatic rings. The Morgan fingerprint density at radius 3 is 2.78 bits per heavy atom. The van der Waals surface area contributed by atoms with Gasteiger partial charge in [-0.1, -0.05) is 0 Å². The summed E-state index contributed by atoms with van der Waals surface area (Å²) < 4.78 is 1.29. The van der Waals surface area contributed by atoms with Crippen LogP contribution in [0.5, 0.6) is 0 Å². The molecule has 0 aromatic carbocycles. The average molecular weight is 248 g/mol. The number of carboxylic acid groups (broad SMARTS) is 1. The molecule has 0 aliphatic rings. The van der Waals surface area contributed by atoms with E-state index in [0.29, 0.717) is 5.69 Å². The molecule has 0 aliphatic heterocycles. The Bertz CT molecular complexity index is 635. The summed E-state index contributed by atoms with van der Waals surface area (Å²) in [5.74, 6) is -1.50. The highest BCUT2D eigenvalue weighted by molar-refractivity contribution is 5.91. The largest absolute Gasteiger partial charge is 0.478 e. The molecular weight excluding hydrogens is 240 g/mol. The fraction of sp³-hybridized carbons (Fsp3) is 0.100. The van der Waals surface area contributed by atoms with E-state index in [1.54, 1.807) is 6.92 Å². The number of hydrogen-bond acceptors (Lipinski definition) is 5. The number of aromatic nitrogens is 3. The summed E-state index contributed by atoms with van der Waals surface area (Å²) in [4.78, 5) is 28.4. The van der Waals surface area contributed by atoms with Gasteiger partial charge in [-0.05, 0) is 22.9 Å². The third-order valence-electron chi connectivity index (χ3n) is 2.28. The van der Waals surface area contributed by atoms with Crippen LogP contribution in [0.2, 0.25) is 0 Å². The Morgan fingerprint density at radius 1 is 1.50 bits per heavy atom. The molecular formula is C10H8N4O4. The number of imidazole rings is 1. The zero-order valence-corrected chi connectivity index (χ0v) is 9.27. The molecule has 0 spiro atoms. The van der Waals surface area contributed by atoms with Crippen LogP contribution in [0.4, 0.5) is 5.82 Å². The first-order valence-electron chi connectivity index (χ1n) is 4.87. The van der Waals surface area contributed by atoms with Gasteiger partial charge in [0.05, 0.1) is 5.69 Å². The van der Waals surface area contributed by atoms with Crippen molar-refractivity contribution < 1.29 is 14.8 Å². The van der Waals surface area contributed by atoms with Gasteiger partial charge in [-0.3, -0.25) is 9.55 Å². The quantitative estimate of drug-likeness (QED) is 0.644. The fourth-order valence-corrected chi connectivity index (χ4v) is 1.46. The van der Waals surface area contributed by atoms with Gasteiger partial charge in [-0.2, -0.15) is 0 Å². The Morgan fingerprint density at radius 2 is 2.22 bits per heavy atom. The van der Waals surface area contributed by atoms with Crippen molar-refractivity contribution in [3.63, 3.8) is 0 Å². The number of rotatable bonds is 3. The number of pyridine rings is 1. The maximum atomic E-state index is 11.0. The van der Waals surface area contributed by atoms with E-state index in [4.69, 9.17) is 5.11 Å². The predicted octanol–water partition coefficient (Wildman–Crippen LogP) is 1.18. The number of nitrogens with zero attached hydrogens (tertiary/aromatic N) is 4. The number of carboxylic acids is 1. The third-order valence-corrected chi connectivity index (χ3v) is 2.28. The lowest BCUT2D eigenvalue weighted by Crippen LogP contribution is -2.05. The first kappa shape index (κ1) is 11.7. The van der Waals surface area contributed by atoms with Gasteiger partial charge in [0.1, 0.15) is 11.8 Å². The Hall–Kier alpha value is -2.77. The van der Waals surface area contributed by atoms with Crippen molar-refractivity contribution in [2.24, 2.45) is 0 Å². The highest BCUT2D eigenvalue weighted by Crippen LogP contribution is 2.17. The maximum absolute atomic E-state index is 11.0. The highest BCUT2D eigenvalue weighted by Gasteiger charge is 2.17. The normalized spacial score (nSPS) is 10.3. The van der Waals surface area contributed by atoms with E-state index in [2.05, 4.69) is 9.97 Å². The summed E-state index contributed by atoms with van der Waals surface area (Å²) in [6, 6.07) is 1.52. The van der Waals surface area contributed by atoms with Crippen LogP contribution in [0.3, 0.4) is 0 Å². The second-order valence-corrected chi connectivity index (χ2v) is 3.54. The molecule has 0 radical (unpaired) electrons. The minimum absolute atomic E-state index is 0.0482. The number of nitro groups is 1. The number of carbonyl (C=O) groups is 1. The summed E-state index contributed by atoms with van der Waals surface area (Å²) in [6.45, 7) is 1.69. The van der Waals surface area contributed by atoms with Crippen molar-refractivity contribution in [2.75, 3.05) is 0 Å². The van der Waals surface area contributed by atoms with Gasteiger partial charge >= 0.3 is 11.8 Å². The highest BCUT2D eigenvalue weighted by atomic mass is 16.6. The summed E-state index contributed by atoms with van der Waals surface area (Å²) in [5.41, 5.74) is 0.842. The van der Waals surface area contributed by atoms with E-state index in [1.807, 2.05) is 0 Å². The Labute approximate surface area is 101 Å². The van der Waals surface area contributed by atoms with Crippen LogP contribution >= 0.6 is 0 Å². The van der Waals surface area contributed by atoms with Crippen molar-refractivity contribution in [3.05, 3.63) is 46.2 Å². The van der Waals surface area contributed by atoms with Gasteiger partial charge in [-0.15, -0.1) is 0 Å². The molecule has 0 atom stereocenters. The van der Waals surface area contributed by atoms with Gasteiger partial charge in [-0.25, -0.2) is 4.79 Å². The molecule has 2 aromatic heterocycles. The van der Waals surface area contributed by atoms with Gasteiger partial charge < -0.3 is 15.2 Å². The zero-order valence-electron chi connectivity index (χ0n) is 9.27. The second kappa shape index (κ2) is 4.24. The van der Waals surface area contributed by atoms with Crippen LogP contribution < -0.4 is 0 Å². The predicted molar refractivity (Wildman–Crippen MR) is 59.7 cm³/mol. The molecule has 18 heavy (non-hydrogen) atoms. The molecule has 8 nitrogen and oxygen atoms in total. The summed E-state index contributed by atoms with van der Waals surface area (Å²) >= 11 is 0.